The SMILES string of the molecule is CCOC(=O)c1c(CN2CCOCC2)oc2ccc(O)cc12. The Morgan fingerprint density at radius 2 is 2.14 bits per heavy atom. The molecule has 3 rings (SSSR count). The summed E-state index contributed by atoms with van der Waals surface area (Å²) in [5.41, 5.74) is 0.975. The summed E-state index contributed by atoms with van der Waals surface area (Å²) in [6.45, 7) is 5.52. The minimum Gasteiger partial charge on any atom is -0.508 e. The molecule has 2 heterocycles. The maximum atomic E-state index is 12.3. The highest BCUT2D eigenvalue weighted by molar-refractivity contribution is 6.04. The molecule has 22 heavy (non-hydrogen) atoms. The Morgan fingerprint density at radius 1 is 1.36 bits per heavy atom. The maximum absolute atomic E-state index is 12.3. The summed E-state index contributed by atoms with van der Waals surface area (Å²) >= 11 is 0. The number of hydrogen-bond acceptors (Lipinski definition) is 6. The van der Waals surface area contributed by atoms with Crippen LogP contribution in [0.1, 0.15) is 23.0 Å². The largest absolute Gasteiger partial charge is 0.508 e. The van der Waals surface area contributed by atoms with Gasteiger partial charge in [-0.05, 0) is 25.1 Å². The van der Waals surface area contributed by atoms with Crippen molar-refractivity contribution < 1.29 is 23.8 Å². The van der Waals surface area contributed by atoms with E-state index >= 15 is 0 Å². The van der Waals surface area contributed by atoms with Crippen molar-refractivity contribution in [3.8, 4) is 5.75 Å². The fourth-order valence-electron chi connectivity index (χ4n) is 2.64. The van der Waals surface area contributed by atoms with E-state index in [4.69, 9.17) is 13.9 Å². The van der Waals surface area contributed by atoms with Crippen molar-refractivity contribution in [2.24, 2.45) is 0 Å². The summed E-state index contributed by atoms with van der Waals surface area (Å²) in [4.78, 5) is 14.5. The molecule has 1 saturated heterocycles. The van der Waals surface area contributed by atoms with E-state index in [0.717, 1.165) is 13.1 Å². The second-order valence-electron chi connectivity index (χ2n) is 5.19. The van der Waals surface area contributed by atoms with Crippen molar-refractivity contribution in [3.63, 3.8) is 0 Å². The quantitative estimate of drug-likeness (QED) is 0.873. The van der Waals surface area contributed by atoms with Gasteiger partial charge in [0.2, 0.25) is 0 Å². The molecule has 6 heteroatoms. The second kappa shape index (κ2) is 6.37. The molecule has 1 fully saturated rings. The smallest absolute Gasteiger partial charge is 0.342 e. The van der Waals surface area contributed by atoms with Crippen LogP contribution < -0.4 is 0 Å². The van der Waals surface area contributed by atoms with Crippen molar-refractivity contribution in [1.29, 1.82) is 0 Å². The summed E-state index contributed by atoms with van der Waals surface area (Å²) < 4.78 is 16.3. The van der Waals surface area contributed by atoms with E-state index < -0.39 is 5.97 Å². The first-order valence-electron chi connectivity index (χ1n) is 7.40. The Hall–Kier alpha value is -2.05. The molecule has 0 radical (unpaired) electrons. The van der Waals surface area contributed by atoms with Crippen LogP contribution in [0, 0.1) is 0 Å². The lowest BCUT2D eigenvalue weighted by atomic mass is 10.1. The molecule has 6 nitrogen and oxygen atoms in total. The van der Waals surface area contributed by atoms with Crippen LogP contribution in [0.15, 0.2) is 22.6 Å². The maximum Gasteiger partial charge on any atom is 0.342 e. The molecule has 118 valence electrons. The Labute approximate surface area is 128 Å². The summed E-state index contributed by atoms with van der Waals surface area (Å²) in [6.07, 6.45) is 0. The van der Waals surface area contributed by atoms with E-state index in [2.05, 4.69) is 4.90 Å². The van der Waals surface area contributed by atoms with E-state index in [1.165, 1.54) is 6.07 Å². The molecule has 0 spiro atoms. The molecular weight excluding hydrogens is 286 g/mol. The van der Waals surface area contributed by atoms with Crippen molar-refractivity contribution >= 4 is 16.9 Å². The van der Waals surface area contributed by atoms with Crippen LogP contribution in [-0.4, -0.2) is 48.9 Å². The van der Waals surface area contributed by atoms with E-state index in [1.54, 1.807) is 19.1 Å². The van der Waals surface area contributed by atoms with Crippen LogP contribution in [0.4, 0.5) is 0 Å². The lowest BCUT2D eigenvalue weighted by Crippen LogP contribution is -2.35. The first-order valence-corrected chi connectivity index (χ1v) is 7.40. The van der Waals surface area contributed by atoms with Crippen LogP contribution in [0.5, 0.6) is 5.75 Å². The molecule has 0 atom stereocenters. The van der Waals surface area contributed by atoms with Gasteiger partial charge < -0.3 is 19.0 Å². The monoisotopic (exact) mass is 305 g/mol. The summed E-state index contributed by atoms with van der Waals surface area (Å²) in [5, 5.41) is 10.3. The van der Waals surface area contributed by atoms with Gasteiger partial charge in [0.25, 0.3) is 0 Å². The number of benzene rings is 1. The number of nitrogens with zero attached hydrogens (tertiary/aromatic N) is 1. The predicted molar refractivity (Wildman–Crippen MR) is 79.9 cm³/mol. The van der Waals surface area contributed by atoms with E-state index in [1.807, 2.05) is 0 Å². The zero-order valence-electron chi connectivity index (χ0n) is 12.5. The Kier molecular flexibility index (Phi) is 4.31. The molecule has 1 aromatic heterocycles. The van der Waals surface area contributed by atoms with Gasteiger partial charge in [-0.25, -0.2) is 4.79 Å². The molecule has 0 amide bonds. The van der Waals surface area contributed by atoms with E-state index in [-0.39, 0.29) is 5.75 Å². The highest BCUT2D eigenvalue weighted by atomic mass is 16.5. The van der Waals surface area contributed by atoms with E-state index in [9.17, 15) is 9.90 Å². The van der Waals surface area contributed by atoms with Crippen molar-refractivity contribution in [2.45, 2.75) is 13.5 Å². The molecule has 2 aromatic rings. The average molecular weight is 305 g/mol. The molecule has 1 aliphatic heterocycles. The summed E-state index contributed by atoms with van der Waals surface area (Å²) in [6, 6.07) is 4.74. The van der Waals surface area contributed by atoms with Gasteiger partial charge in [0.05, 0.1) is 26.4 Å². The number of rotatable bonds is 4. The van der Waals surface area contributed by atoms with Crippen LogP contribution in [-0.2, 0) is 16.0 Å². The number of furan rings is 1. The fourth-order valence-corrected chi connectivity index (χ4v) is 2.64. The summed E-state index contributed by atoms with van der Waals surface area (Å²) in [7, 11) is 0. The molecule has 0 saturated carbocycles. The highest BCUT2D eigenvalue weighted by Gasteiger charge is 2.24. The van der Waals surface area contributed by atoms with Gasteiger partial charge in [-0.1, -0.05) is 0 Å². The molecule has 1 aromatic carbocycles. The number of morpholine rings is 1. The summed E-state index contributed by atoms with van der Waals surface area (Å²) in [5.74, 6) is 0.243. The lowest BCUT2D eigenvalue weighted by molar-refractivity contribution is 0.0309. The zero-order chi connectivity index (χ0) is 15.5. The molecule has 0 aliphatic carbocycles. The van der Waals surface area contributed by atoms with Crippen LogP contribution >= 0.6 is 0 Å². The van der Waals surface area contributed by atoms with Gasteiger partial charge in [-0.3, -0.25) is 4.90 Å². The third-order valence-corrected chi connectivity index (χ3v) is 3.69. The number of carbonyl (C=O) groups excluding carboxylic acids is 1. The number of carbonyl (C=O) groups is 1. The number of ether oxygens (including phenoxy) is 2. The Bertz CT molecular complexity index is 672. The number of esters is 1. The van der Waals surface area contributed by atoms with Gasteiger partial charge >= 0.3 is 5.97 Å². The highest BCUT2D eigenvalue weighted by Crippen LogP contribution is 2.30. The van der Waals surface area contributed by atoms with Gasteiger partial charge in [0.1, 0.15) is 22.7 Å². The van der Waals surface area contributed by atoms with Gasteiger partial charge in [-0.15, -0.1) is 0 Å². The van der Waals surface area contributed by atoms with E-state index in [0.29, 0.717) is 48.7 Å². The number of hydrogen-bond donors (Lipinski definition) is 1. The first kappa shape index (κ1) is 14.9. The number of phenolic OH excluding ortho intramolecular Hbond substituents is 1. The van der Waals surface area contributed by atoms with Crippen molar-refractivity contribution in [2.75, 3.05) is 32.9 Å². The van der Waals surface area contributed by atoms with Gasteiger partial charge in [0.15, 0.2) is 0 Å². The minimum absolute atomic E-state index is 0.0942. The van der Waals surface area contributed by atoms with Crippen LogP contribution in [0.3, 0.4) is 0 Å². The average Bonchev–Trinajstić information content (AvgIpc) is 2.85. The first-order chi connectivity index (χ1) is 10.7. The Morgan fingerprint density at radius 3 is 2.86 bits per heavy atom. The predicted octanol–water partition coefficient (Wildman–Crippen LogP) is 2.15. The molecule has 1 N–H and O–H groups in total. The minimum atomic E-state index is -0.421. The third-order valence-electron chi connectivity index (χ3n) is 3.69. The number of aromatic hydroxyl groups is 1. The topological polar surface area (TPSA) is 72.1 Å². The standard InChI is InChI=1S/C16H19NO5/c1-2-21-16(19)15-12-9-11(18)3-4-13(12)22-14(15)10-17-5-7-20-8-6-17/h3-4,9,18H,2,5-8,10H2,1H3. The number of phenols is 1. The fraction of sp³-hybridized carbons (Fsp3) is 0.438. The molecule has 1 aliphatic rings. The normalized spacial score (nSPS) is 16.0. The van der Waals surface area contributed by atoms with Gasteiger partial charge in [0, 0.05) is 18.5 Å². The number of fused-ring (bicyclic) bond motifs is 1. The van der Waals surface area contributed by atoms with Crippen LogP contribution in [0.25, 0.3) is 11.0 Å². The second-order valence-corrected chi connectivity index (χ2v) is 5.19. The van der Waals surface area contributed by atoms with Crippen LogP contribution in [0.2, 0.25) is 0 Å². The third kappa shape index (κ3) is 2.93. The zero-order valence-corrected chi connectivity index (χ0v) is 12.5. The molecular formula is C16H19NO5. The Balaban J connectivity index is 1.99. The van der Waals surface area contributed by atoms with Crippen molar-refractivity contribution in [3.05, 3.63) is 29.5 Å². The lowest BCUT2D eigenvalue weighted by Gasteiger charge is -2.25. The molecule has 0 unspecified atom stereocenters. The van der Waals surface area contributed by atoms with Crippen molar-refractivity contribution in [1.82, 2.24) is 4.90 Å². The molecule has 0 bridgehead atoms. The van der Waals surface area contributed by atoms with Gasteiger partial charge in [-0.2, -0.15) is 0 Å².